The van der Waals surface area contributed by atoms with Crippen LogP contribution in [-0.4, -0.2) is 51.9 Å². The Morgan fingerprint density at radius 1 is 1.15 bits per heavy atom. The molecule has 4 rings (SSSR count). The topological polar surface area (TPSA) is 78.3 Å². The number of para-hydroxylation sites is 1. The van der Waals surface area contributed by atoms with Crippen molar-refractivity contribution in [1.29, 1.82) is 0 Å². The van der Waals surface area contributed by atoms with Crippen LogP contribution in [0.5, 0.6) is 0 Å². The molecule has 1 amide bonds. The van der Waals surface area contributed by atoms with Crippen LogP contribution in [0.3, 0.4) is 0 Å². The van der Waals surface area contributed by atoms with Crippen molar-refractivity contribution in [3.8, 4) is 0 Å². The van der Waals surface area contributed by atoms with E-state index < -0.39 is 0 Å². The van der Waals surface area contributed by atoms with Crippen LogP contribution in [0.15, 0.2) is 48.8 Å². The van der Waals surface area contributed by atoms with Gasteiger partial charge in [0.25, 0.3) is 5.91 Å². The van der Waals surface area contributed by atoms with Crippen molar-refractivity contribution in [2.45, 2.75) is 13.1 Å². The lowest BCUT2D eigenvalue weighted by Crippen LogP contribution is -2.48. The lowest BCUT2D eigenvalue weighted by Gasteiger charge is -2.35. The summed E-state index contributed by atoms with van der Waals surface area (Å²) in [5.41, 5.74) is 9.54. The van der Waals surface area contributed by atoms with E-state index in [4.69, 9.17) is 5.73 Å². The molecule has 0 aliphatic carbocycles. The van der Waals surface area contributed by atoms with Gasteiger partial charge in [0.1, 0.15) is 0 Å². The molecule has 1 saturated heterocycles. The van der Waals surface area contributed by atoms with Gasteiger partial charge >= 0.3 is 0 Å². The first-order valence-electron chi connectivity index (χ1n) is 8.96. The lowest BCUT2D eigenvalue weighted by atomic mass is 10.1. The highest BCUT2D eigenvalue weighted by atomic mass is 16.2. The smallest absolute Gasteiger partial charge is 0.254 e. The minimum absolute atomic E-state index is 0.0632. The summed E-state index contributed by atoms with van der Waals surface area (Å²) in [6, 6.07) is 12.0. The van der Waals surface area contributed by atoms with Crippen LogP contribution in [0.2, 0.25) is 0 Å². The third kappa shape index (κ3) is 3.34. The number of hydrogen-bond acceptors (Lipinski definition) is 4. The largest absolute Gasteiger partial charge is 0.361 e. The molecule has 1 fully saturated rings. The van der Waals surface area contributed by atoms with Gasteiger partial charge in [-0.3, -0.25) is 14.7 Å². The molecule has 26 heavy (non-hydrogen) atoms. The monoisotopic (exact) mass is 349 g/mol. The van der Waals surface area contributed by atoms with Crippen molar-refractivity contribution in [3.63, 3.8) is 0 Å². The third-order valence-corrected chi connectivity index (χ3v) is 5.00. The molecule has 3 heterocycles. The maximum absolute atomic E-state index is 12.7. The molecule has 0 saturated carbocycles. The Hall–Kier alpha value is -2.70. The van der Waals surface area contributed by atoms with Gasteiger partial charge in [0.15, 0.2) is 0 Å². The van der Waals surface area contributed by atoms with E-state index >= 15 is 0 Å². The number of aromatic nitrogens is 2. The number of carbonyl (C=O) groups is 1. The minimum Gasteiger partial charge on any atom is -0.361 e. The molecule has 6 heteroatoms. The number of nitrogens with two attached hydrogens (primary N) is 1. The molecule has 3 N–H and O–H groups in total. The molecular formula is C20H23N5O. The predicted octanol–water partition coefficient (Wildman–Crippen LogP) is 1.98. The molecule has 3 aromatic rings. The summed E-state index contributed by atoms with van der Waals surface area (Å²) in [4.78, 5) is 24.5. The van der Waals surface area contributed by atoms with E-state index in [1.807, 2.05) is 11.1 Å². The number of carbonyl (C=O) groups excluding carboxylic acids is 1. The number of rotatable bonds is 4. The number of H-pyrrole nitrogens is 1. The SMILES string of the molecule is NCc1cc(C(=O)N2CCN(Cc3cccc4cc[nH]c34)CC2)ccn1. The van der Waals surface area contributed by atoms with Gasteiger partial charge < -0.3 is 15.6 Å². The van der Waals surface area contributed by atoms with Crippen molar-refractivity contribution in [3.05, 3.63) is 65.6 Å². The van der Waals surface area contributed by atoms with Gasteiger partial charge in [-0.25, -0.2) is 0 Å². The van der Waals surface area contributed by atoms with Gasteiger partial charge in [-0.15, -0.1) is 0 Å². The Morgan fingerprint density at radius 2 is 2.00 bits per heavy atom. The minimum atomic E-state index is 0.0632. The first-order valence-corrected chi connectivity index (χ1v) is 8.96. The fraction of sp³-hybridized carbons (Fsp3) is 0.300. The number of pyridine rings is 1. The van der Waals surface area contributed by atoms with Crippen molar-refractivity contribution in [2.24, 2.45) is 5.73 Å². The molecule has 1 aliphatic heterocycles. The standard InChI is InChI=1S/C20H23N5O/c21-13-18-12-16(5-6-22-18)20(26)25-10-8-24(9-11-25)14-17-3-1-2-15-4-7-23-19(15)17/h1-7,12,23H,8-11,13-14,21H2. The molecule has 1 aliphatic rings. The van der Waals surface area contributed by atoms with E-state index in [-0.39, 0.29) is 5.91 Å². The quantitative estimate of drug-likeness (QED) is 0.755. The summed E-state index contributed by atoms with van der Waals surface area (Å²) < 4.78 is 0. The normalized spacial score (nSPS) is 15.5. The highest BCUT2D eigenvalue weighted by Gasteiger charge is 2.22. The number of benzene rings is 1. The molecule has 6 nitrogen and oxygen atoms in total. The molecular weight excluding hydrogens is 326 g/mol. The maximum Gasteiger partial charge on any atom is 0.254 e. The summed E-state index contributed by atoms with van der Waals surface area (Å²) in [5.74, 6) is 0.0632. The van der Waals surface area contributed by atoms with Crippen molar-refractivity contribution >= 4 is 16.8 Å². The van der Waals surface area contributed by atoms with Gasteiger partial charge in [-0.1, -0.05) is 18.2 Å². The molecule has 1 aromatic carbocycles. The predicted molar refractivity (Wildman–Crippen MR) is 102 cm³/mol. The molecule has 0 unspecified atom stereocenters. The van der Waals surface area contributed by atoms with Crippen molar-refractivity contribution in [2.75, 3.05) is 26.2 Å². The molecule has 0 radical (unpaired) electrons. The van der Waals surface area contributed by atoms with Crippen molar-refractivity contribution in [1.82, 2.24) is 19.8 Å². The molecule has 0 spiro atoms. The van der Waals surface area contributed by atoms with Gasteiger partial charge in [0.05, 0.1) is 5.69 Å². The molecule has 2 aromatic heterocycles. The van der Waals surface area contributed by atoms with Crippen molar-refractivity contribution < 1.29 is 4.79 Å². The van der Waals surface area contributed by atoms with E-state index in [0.29, 0.717) is 12.1 Å². The van der Waals surface area contributed by atoms with Crippen LogP contribution in [0, 0.1) is 0 Å². The number of hydrogen-bond donors (Lipinski definition) is 2. The summed E-state index contributed by atoms with van der Waals surface area (Å²) >= 11 is 0. The number of nitrogens with zero attached hydrogens (tertiary/aromatic N) is 3. The zero-order valence-corrected chi connectivity index (χ0v) is 14.7. The first-order chi connectivity index (χ1) is 12.7. The number of fused-ring (bicyclic) bond motifs is 1. The molecule has 134 valence electrons. The van der Waals surface area contributed by atoms with Crippen LogP contribution in [0.4, 0.5) is 0 Å². The van der Waals surface area contributed by atoms with Gasteiger partial charge in [-0.2, -0.15) is 0 Å². The van der Waals surface area contributed by atoms with Crippen LogP contribution < -0.4 is 5.73 Å². The highest BCUT2D eigenvalue weighted by molar-refractivity contribution is 5.94. The lowest BCUT2D eigenvalue weighted by molar-refractivity contribution is 0.0628. The van der Waals surface area contributed by atoms with Crippen LogP contribution in [0.1, 0.15) is 21.6 Å². The number of amides is 1. The fourth-order valence-electron chi connectivity index (χ4n) is 3.54. The van der Waals surface area contributed by atoms with E-state index in [9.17, 15) is 4.79 Å². The van der Waals surface area contributed by atoms with Gasteiger partial charge in [0, 0.05) is 62.7 Å². The second-order valence-electron chi connectivity index (χ2n) is 6.67. The summed E-state index contributed by atoms with van der Waals surface area (Å²) in [6.45, 7) is 4.46. The molecule has 0 atom stereocenters. The number of aromatic amines is 1. The Bertz CT molecular complexity index is 911. The zero-order valence-electron chi connectivity index (χ0n) is 14.7. The number of piperazine rings is 1. The third-order valence-electron chi connectivity index (χ3n) is 5.00. The second kappa shape index (κ2) is 7.27. The average molecular weight is 349 g/mol. The molecule has 0 bridgehead atoms. The summed E-state index contributed by atoms with van der Waals surface area (Å²) in [5, 5.41) is 1.24. The summed E-state index contributed by atoms with van der Waals surface area (Å²) in [7, 11) is 0. The fourth-order valence-corrected chi connectivity index (χ4v) is 3.54. The first kappa shape index (κ1) is 16.8. The second-order valence-corrected chi connectivity index (χ2v) is 6.67. The average Bonchev–Trinajstić information content (AvgIpc) is 3.18. The van der Waals surface area contributed by atoms with Crippen LogP contribution in [0.25, 0.3) is 10.9 Å². The Labute approximate surface area is 152 Å². The Balaban J connectivity index is 1.39. The van der Waals surface area contributed by atoms with E-state index in [1.165, 1.54) is 16.5 Å². The number of nitrogens with one attached hydrogen (secondary N) is 1. The van der Waals surface area contributed by atoms with Gasteiger partial charge in [-0.05, 0) is 29.1 Å². The van der Waals surface area contributed by atoms with Gasteiger partial charge in [0.2, 0.25) is 0 Å². The highest BCUT2D eigenvalue weighted by Crippen LogP contribution is 2.19. The van der Waals surface area contributed by atoms with E-state index in [2.05, 4.69) is 39.1 Å². The zero-order chi connectivity index (χ0) is 17.9. The van der Waals surface area contributed by atoms with Crippen LogP contribution in [-0.2, 0) is 13.1 Å². The maximum atomic E-state index is 12.7. The Kier molecular flexibility index (Phi) is 4.69. The van der Waals surface area contributed by atoms with E-state index in [0.717, 1.165) is 38.4 Å². The van der Waals surface area contributed by atoms with Crippen LogP contribution >= 0.6 is 0 Å². The van der Waals surface area contributed by atoms with E-state index in [1.54, 1.807) is 18.3 Å². The Morgan fingerprint density at radius 3 is 2.81 bits per heavy atom. The summed E-state index contributed by atoms with van der Waals surface area (Å²) in [6.07, 6.45) is 3.64.